The third kappa shape index (κ3) is 5.92. The zero-order valence-corrected chi connectivity index (χ0v) is 20.8. The summed E-state index contributed by atoms with van der Waals surface area (Å²) in [5.74, 6) is -0.911. The Kier molecular flexibility index (Phi) is 8.02. The number of nitrogens with zero attached hydrogens (tertiary/aromatic N) is 1. The molecule has 0 bridgehead atoms. The maximum absolute atomic E-state index is 13.5. The van der Waals surface area contributed by atoms with Crippen LogP contribution in [0.1, 0.15) is 28.8 Å². The van der Waals surface area contributed by atoms with E-state index in [-0.39, 0.29) is 22.5 Å². The first-order chi connectivity index (χ1) is 17.4. The number of aryl methyl sites for hydroxylation is 1. The molecular formula is C27H29N3O5S. The minimum absolute atomic E-state index is 0.0124. The van der Waals surface area contributed by atoms with E-state index < -0.39 is 22.5 Å². The highest BCUT2D eigenvalue weighted by molar-refractivity contribution is 7.92. The normalized spacial score (nSPS) is 15.3. The molecule has 1 heterocycles. The van der Waals surface area contributed by atoms with E-state index in [0.717, 1.165) is 17.1 Å². The lowest BCUT2D eigenvalue weighted by Gasteiger charge is -2.25. The molecule has 1 aliphatic heterocycles. The minimum Gasteiger partial charge on any atom is -0.376 e. The van der Waals surface area contributed by atoms with Crippen molar-refractivity contribution < 1.29 is 22.7 Å². The predicted molar refractivity (Wildman–Crippen MR) is 139 cm³/mol. The third-order valence-corrected chi connectivity index (χ3v) is 7.74. The van der Waals surface area contributed by atoms with Gasteiger partial charge in [-0.05, 0) is 55.7 Å². The number of rotatable bonds is 9. The van der Waals surface area contributed by atoms with Crippen LogP contribution in [0.25, 0.3) is 0 Å². The number of anilines is 2. The Labute approximate surface area is 211 Å². The number of hydrogen-bond donors (Lipinski definition) is 2. The molecule has 9 heteroatoms. The summed E-state index contributed by atoms with van der Waals surface area (Å²) in [5.41, 5.74) is 1.70. The summed E-state index contributed by atoms with van der Waals surface area (Å²) in [6.45, 7) is 2.40. The molecule has 3 aromatic rings. The lowest BCUT2D eigenvalue weighted by Crippen LogP contribution is -2.39. The van der Waals surface area contributed by atoms with Crippen LogP contribution in [0.15, 0.2) is 83.8 Å². The van der Waals surface area contributed by atoms with Crippen LogP contribution in [-0.2, 0) is 19.6 Å². The van der Waals surface area contributed by atoms with Gasteiger partial charge in [0.15, 0.2) is 0 Å². The van der Waals surface area contributed by atoms with Gasteiger partial charge in [-0.3, -0.25) is 13.9 Å². The van der Waals surface area contributed by atoms with Crippen molar-refractivity contribution in [2.45, 2.75) is 30.8 Å². The van der Waals surface area contributed by atoms with E-state index in [0.29, 0.717) is 30.1 Å². The fourth-order valence-corrected chi connectivity index (χ4v) is 5.59. The molecule has 0 radical (unpaired) electrons. The van der Waals surface area contributed by atoms with Crippen molar-refractivity contribution in [1.29, 1.82) is 0 Å². The number of para-hydroxylation sites is 2. The zero-order valence-electron chi connectivity index (χ0n) is 20.0. The maximum atomic E-state index is 13.5. The second-order valence-corrected chi connectivity index (χ2v) is 10.4. The average molecular weight is 508 g/mol. The number of hydrogen-bond acceptors (Lipinski definition) is 5. The molecule has 8 nitrogen and oxygen atoms in total. The number of carbonyl (C=O) groups is 2. The van der Waals surface area contributed by atoms with E-state index >= 15 is 0 Å². The number of benzene rings is 3. The molecule has 0 aromatic heterocycles. The van der Waals surface area contributed by atoms with Gasteiger partial charge in [-0.25, -0.2) is 8.42 Å². The number of carbonyl (C=O) groups excluding carboxylic acids is 2. The van der Waals surface area contributed by atoms with Gasteiger partial charge in [0, 0.05) is 13.2 Å². The van der Waals surface area contributed by atoms with E-state index in [1.807, 2.05) is 0 Å². The second-order valence-electron chi connectivity index (χ2n) is 8.55. The Morgan fingerprint density at radius 1 is 0.972 bits per heavy atom. The van der Waals surface area contributed by atoms with Gasteiger partial charge in [-0.15, -0.1) is 0 Å². The molecule has 2 N–H and O–H groups in total. The van der Waals surface area contributed by atoms with E-state index in [2.05, 4.69) is 10.6 Å². The Bertz CT molecular complexity index is 1320. The topological polar surface area (TPSA) is 105 Å². The molecule has 0 aliphatic carbocycles. The van der Waals surface area contributed by atoms with Crippen molar-refractivity contribution in [2.24, 2.45) is 0 Å². The lowest BCUT2D eigenvalue weighted by molar-refractivity contribution is -0.114. The Morgan fingerprint density at radius 2 is 1.67 bits per heavy atom. The minimum atomic E-state index is -4.03. The molecule has 0 unspecified atom stereocenters. The highest BCUT2D eigenvalue weighted by Gasteiger charge is 2.28. The number of sulfonamides is 1. The van der Waals surface area contributed by atoms with Crippen molar-refractivity contribution in [1.82, 2.24) is 5.32 Å². The van der Waals surface area contributed by atoms with Crippen molar-refractivity contribution in [3.8, 4) is 0 Å². The van der Waals surface area contributed by atoms with Gasteiger partial charge in [0.2, 0.25) is 5.91 Å². The molecule has 4 rings (SSSR count). The summed E-state index contributed by atoms with van der Waals surface area (Å²) in [5, 5.41) is 5.58. The van der Waals surface area contributed by atoms with Crippen molar-refractivity contribution in [3.63, 3.8) is 0 Å². The van der Waals surface area contributed by atoms with E-state index in [4.69, 9.17) is 4.74 Å². The van der Waals surface area contributed by atoms with Crippen LogP contribution in [0, 0.1) is 6.92 Å². The highest BCUT2D eigenvalue weighted by atomic mass is 32.2. The van der Waals surface area contributed by atoms with Crippen molar-refractivity contribution in [2.75, 3.05) is 29.3 Å². The molecular weight excluding hydrogens is 478 g/mol. The molecule has 0 saturated carbocycles. The van der Waals surface area contributed by atoms with Gasteiger partial charge in [0.1, 0.15) is 6.54 Å². The van der Waals surface area contributed by atoms with Gasteiger partial charge < -0.3 is 15.4 Å². The zero-order chi connectivity index (χ0) is 25.5. The molecule has 0 spiro atoms. The molecule has 36 heavy (non-hydrogen) atoms. The van der Waals surface area contributed by atoms with E-state index in [9.17, 15) is 18.0 Å². The summed E-state index contributed by atoms with van der Waals surface area (Å²) in [7, 11) is -4.03. The molecule has 3 aromatic carbocycles. The number of ether oxygens (including phenoxy) is 1. The predicted octanol–water partition coefficient (Wildman–Crippen LogP) is 3.74. The molecule has 1 aliphatic rings. The van der Waals surface area contributed by atoms with E-state index in [1.165, 1.54) is 12.1 Å². The summed E-state index contributed by atoms with van der Waals surface area (Å²) in [6.07, 6.45) is 1.85. The smallest absolute Gasteiger partial charge is 0.264 e. The van der Waals surface area contributed by atoms with Gasteiger partial charge in [-0.1, -0.05) is 48.5 Å². The molecule has 1 fully saturated rings. The Balaban J connectivity index is 1.55. The standard InChI is InChI=1S/C27H29N3O5S/c1-20-10-5-8-16-25(20)30(36(33,34)22-12-3-2-4-13-22)19-26(31)29-24-15-7-6-14-23(24)27(32)28-18-21-11-9-17-35-21/h2-8,10,12-16,21H,9,11,17-19H2,1H3,(H,28,32)(H,29,31)/t21-/m0/s1. The van der Waals surface area contributed by atoms with Gasteiger partial charge >= 0.3 is 0 Å². The van der Waals surface area contributed by atoms with Crippen LogP contribution >= 0.6 is 0 Å². The molecule has 2 amide bonds. The van der Waals surface area contributed by atoms with Crippen LogP contribution in [-0.4, -0.2) is 46.0 Å². The first-order valence-corrected chi connectivity index (χ1v) is 13.2. The second kappa shape index (κ2) is 11.4. The average Bonchev–Trinajstić information content (AvgIpc) is 3.41. The quantitative estimate of drug-likeness (QED) is 0.459. The van der Waals surface area contributed by atoms with Gasteiger partial charge in [0.25, 0.3) is 15.9 Å². The Hall–Kier alpha value is -3.69. The summed E-state index contributed by atoms with van der Waals surface area (Å²) < 4.78 is 33.7. The van der Waals surface area contributed by atoms with Crippen LogP contribution in [0.3, 0.4) is 0 Å². The SMILES string of the molecule is Cc1ccccc1N(CC(=O)Nc1ccccc1C(=O)NC[C@@H]1CCCO1)S(=O)(=O)c1ccccc1. The third-order valence-electron chi connectivity index (χ3n) is 5.96. The molecule has 1 atom stereocenters. The lowest BCUT2D eigenvalue weighted by atomic mass is 10.1. The monoisotopic (exact) mass is 507 g/mol. The largest absolute Gasteiger partial charge is 0.376 e. The first-order valence-electron chi connectivity index (χ1n) is 11.8. The van der Waals surface area contributed by atoms with Gasteiger partial charge in [0.05, 0.1) is 27.9 Å². The fraction of sp³-hybridized carbons (Fsp3) is 0.259. The van der Waals surface area contributed by atoms with E-state index in [1.54, 1.807) is 73.7 Å². The van der Waals surface area contributed by atoms with Crippen LogP contribution in [0.2, 0.25) is 0 Å². The fourth-order valence-electron chi connectivity index (χ4n) is 4.08. The van der Waals surface area contributed by atoms with Crippen LogP contribution in [0.4, 0.5) is 11.4 Å². The molecule has 1 saturated heterocycles. The summed E-state index contributed by atoms with van der Waals surface area (Å²) in [6, 6.07) is 21.6. The number of nitrogens with one attached hydrogen (secondary N) is 2. The van der Waals surface area contributed by atoms with Crippen LogP contribution < -0.4 is 14.9 Å². The summed E-state index contributed by atoms with van der Waals surface area (Å²) in [4.78, 5) is 26.0. The van der Waals surface area contributed by atoms with Crippen molar-refractivity contribution in [3.05, 3.63) is 90.0 Å². The van der Waals surface area contributed by atoms with Crippen molar-refractivity contribution >= 4 is 33.2 Å². The highest BCUT2D eigenvalue weighted by Crippen LogP contribution is 2.27. The maximum Gasteiger partial charge on any atom is 0.264 e. The summed E-state index contributed by atoms with van der Waals surface area (Å²) >= 11 is 0. The van der Waals surface area contributed by atoms with Gasteiger partial charge in [-0.2, -0.15) is 0 Å². The Morgan fingerprint density at radius 3 is 2.39 bits per heavy atom. The number of amides is 2. The first kappa shape index (κ1) is 25.4. The van der Waals surface area contributed by atoms with Crippen LogP contribution in [0.5, 0.6) is 0 Å². The molecule has 188 valence electrons.